The standard InChI is InChI=1S/C19H23N5O7S/c1-11-17(18-23(22-11)6-3-7-30-18)32(28,29)24-10-14(9-20-12(2)25)31-16-5-4-13(8-15(16)24)21-19(26)27/h4-5,8,14,21H,3,6-7,9-10H2,1-2H3,(H,20,25)(H,26,27). The summed E-state index contributed by atoms with van der Waals surface area (Å²) in [5.41, 5.74) is 0.657. The Morgan fingerprint density at radius 2 is 2.12 bits per heavy atom. The van der Waals surface area contributed by atoms with E-state index in [1.54, 1.807) is 6.92 Å². The molecule has 0 bridgehead atoms. The van der Waals surface area contributed by atoms with Crippen LogP contribution in [0.1, 0.15) is 19.0 Å². The molecule has 2 aromatic rings. The first kappa shape index (κ1) is 21.7. The molecule has 4 rings (SSSR count). The van der Waals surface area contributed by atoms with Gasteiger partial charge in [-0.05, 0) is 25.1 Å². The van der Waals surface area contributed by atoms with E-state index >= 15 is 0 Å². The summed E-state index contributed by atoms with van der Waals surface area (Å²) in [4.78, 5) is 22.4. The van der Waals surface area contributed by atoms with E-state index in [1.165, 1.54) is 29.8 Å². The Kier molecular flexibility index (Phi) is 5.59. The van der Waals surface area contributed by atoms with Crippen LogP contribution in [-0.2, 0) is 21.4 Å². The average Bonchev–Trinajstić information content (AvgIpc) is 3.07. The van der Waals surface area contributed by atoms with Gasteiger partial charge in [-0.3, -0.25) is 14.4 Å². The lowest BCUT2D eigenvalue weighted by atomic mass is 10.2. The van der Waals surface area contributed by atoms with E-state index in [2.05, 4.69) is 15.7 Å². The summed E-state index contributed by atoms with van der Waals surface area (Å²) in [5, 5.41) is 18.2. The van der Waals surface area contributed by atoms with Gasteiger partial charge in [0.05, 0.1) is 31.1 Å². The van der Waals surface area contributed by atoms with Crippen LogP contribution in [0, 0.1) is 6.92 Å². The summed E-state index contributed by atoms with van der Waals surface area (Å²) in [7, 11) is -4.16. The number of ether oxygens (including phenoxy) is 2. The highest BCUT2D eigenvalue weighted by Gasteiger charge is 2.40. The number of aromatic nitrogens is 2. The molecule has 32 heavy (non-hydrogen) atoms. The van der Waals surface area contributed by atoms with Crippen LogP contribution in [0.2, 0.25) is 0 Å². The van der Waals surface area contributed by atoms with Crippen molar-refractivity contribution in [2.45, 2.75) is 37.8 Å². The minimum Gasteiger partial charge on any atom is -0.484 e. The van der Waals surface area contributed by atoms with Gasteiger partial charge in [-0.15, -0.1) is 0 Å². The van der Waals surface area contributed by atoms with Crippen LogP contribution in [0.15, 0.2) is 23.1 Å². The van der Waals surface area contributed by atoms with Crippen LogP contribution < -0.4 is 24.4 Å². The van der Waals surface area contributed by atoms with E-state index in [0.717, 1.165) is 10.7 Å². The molecule has 0 radical (unpaired) electrons. The third kappa shape index (κ3) is 4.02. The maximum Gasteiger partial charge on any atom is 0.409 e. The molecule has 172 valence electrons. The highest BCUT2D eigenvalue weighted by atomic mass is 32.2. The Balaban J connectivity index is 1.79. The third-order valence-corrected chi connectivity index (χ3v) is 6.96. The zero-order valence-electron chi connectivity index (χ0n) is 17.5. The molecule has 1 aromatic heterocycles. The van der Waals surface area contributed by atoms with Crippen molar-refractivity contribution >= 4 is 33.4 Å². The number of benzene rings is 1. The summed E-state index contributed by atoms with van der Waals surface area (Å²) in [5.74, 6) is 0.149. The third-order valence-electron chi connectivity index (χ3n) is 5.05. The van der Waals surface area contributed by atoms with E-state index in [4.69, 9.17) is 14.6 Å². The molecule has 1 unspecified atom stereocenters. The lowest BCUT2D eigenvalue weighted by molar-refractivity contribution is -0.119. The van der Waals surface area contributed by atoms with Crippen molar-refractivity contribution in [3.63, 3.8) is 0 Å². The number of anilines is 2. The first-order valence-electron chi connectivity index (χ1n) is 9.95. The summed E-state index contributed by atoms with van der Waals surface area (Å²) >= 11 is 0. The topological polar surface area (TPSA) is 152 Å². The quantitative estimate of drug-likeness (QED) is 0.595. The maximum atomic E-state index is 13.8. The Morgan fingerprint density at radius 1 is 1.34 bits per heavy atom. The lowest BCUT2D eigenvalue weighted by Crippen LogP contribution is -2.48. The Bertz CT molecular complexity index is 1180. The van der Waals surface area contributed by atoms with Gasteiger partial charge in [0, 0.05) is 25.6 Å². The van der Waals surface area contributed by atoms with Gasteiger partial charge < -0.3 is 19.9 Å². The predicted octanol–water partition coefficient (Wildman–Crippen LogP) is 1.16. The Hall–Kier alpha value is -3.48. The number of sulfonamides is 1. The van der Waals surface area contributed by atoms with Crippen LogP contribution in [-0.4, -0.2) is 61.1 Å². The lowest BCUT2D eigenvalue weighted by Gasteiger charge is -2.35. The minimum atomic E-state index is -4.16. The summed E-state index contributed by atoms with van der Waals surface area (Å²) in [6, 6.07) is 4.34. The zero-order chi connectivity index (χ0) is 23.0. The number of rotatable bonds is 5. The van der Waals surface area contributed by atoms with Gasteiger partial charge in [0.15, 0.2) is 4.90 Å². The molecule has 2 aliphatic heterocycles. The number of amides is 2. The Morgan fingerprint density at radius 3 is 2.84 bits per heavy atom. The second-order valence-corrected chi connectivity index (χ2v) is 9.27. The SMILES string of the molecule is CC(=O)NCC1CN(S(=O)(=O)c2c(C)nn3c2OCCC3)c2cc(NC(=O)O)ccc2O1. The van der Waals surface area contributed by atoms with Crippen LogP contribution in [0.5, 0.6) is 11.6 Å². The molecule has 1 aromatic carbocycles. The molecule has 3 N–H and O–H groups in total. The van der Waals surface area contributed by atoms with Crippen LogP contribution in [0.4, 0.5) is 16.2 Å². The molecular formula is C19H23N5O7S. The van der Waals surface area contributed by atoms with Gasteiger partial charge in [0.2, 0.25) is 11.8 Å². The number of nitrogens with zero attached hydrogens (tertiary/aromatic N) is 3. The molecule has 0 saturated carbocycles. The zero-order valence-corrected chi connectivity index (χ0v) is 18.3. The van der Waals surface area contributed by atoms with Crippen LogP contribution >= 0.6 is 0 Å². The number of hydrogen-bond donors (Lipinski definition) is 3. The second-order valence-electron chi connectivity index (χ2n) is 7.47. The number of aryl methyl sites for hydroxylation is 2. The summed E-state index contributed by atoms with van der Waals surface area (Å²) in [6.07, 6.45) is -1.22. The van der Waals surface area contributed by atoms with E-state index in [0.29, 0.717) is 18.8 Å². The van der Waals surface area contributed by atoms with Gasteiger partial charge in [-0.25, -0.2) is 17.9 Å². The van der Waals surface area contributed by atoms with E-state index in [1.807, 2.05) is 0 Å². The first-order chi connectivity index (χ1) is 15.2. The van der Waals surface area contributed by atoms with Crippen molar-refractivity contribution < 1.29 is 32.6 Å². The molecule has 0 spiro atoms. The van der Waals surface area contributed by atoms with Crippen molar-refractivity contribution in [3.8, 4) is 11.6 Å². The smallest absolute Gasteiger partial charge is 0.409 e. The van der Waals surface area contributed by atoms with E-state index in [-0.39, 0.29) is 46.9 Å². The second kappa shape index (κ2) is 8.22. The number of hydrogen-bond acceptors (Lipinski definition) is 7. The fourth-order valence-corrected chi connectivity index (χ4v) is 5.51. The van der Waals surface area contributed by atoms with Crippen LogP contribution in [0.3, 0.4) is 0 Å². The minimum absolute atomic E-state index is 0.0417. The summed E-state index contributed by atoms with van der Waals surface area (Å²) in [6.45, 7) is 3.87. The van der Waals surface area contributed by atoms with Gasteiger partial charge in [-0.1, -0.05) is 0 Å². The largest absolute Gasteiger partial charge is 0.484 e. The molecule has 2 aliphatic rings. The maximum absolute atomic E-state index is 13.8. The first-order valence-corrected chi connectivity index (χ1v) is 11.4. The molecule has 12 nitrogen and oxygen atoms in total. The molecule has 1 atom stereocenters. The number of carboxylic acid groups (broad SMARTS) is 1. The molecule has 2 amide bonds. The Labute approximate surface area is 184 Å². The molecule has 13 heteroatoms. The highest BCUT2D eigenvalue weighted by Crippen LogP contribution is 2.41. The van der Waals surface area contributed by atoms with Crippen molar-refractivity contribution in [2.75, 3.05) is 29.3 Å². The average molecular weight is 465 g/mol. The van der Waals surface area contributed by atoms with Gasteiger partial charge >= 0.3 is 6.09 Å². The fourth-order valence-electron chi connectivity index (χ4n) is 3.73. The molecule has 3 heterocycles. The monoisotopic (exact) mass is 465 g/mol. The highest BCUT2D eigenvalue weighted by molar-refractivity contribution is 7.93. The van der Waals surface area contributed by atoms with E-state index in [9.17, 15) is 18.0 Å². The van der Waals surface area contributed by atoms with Gasteiger partial charge in [0.25, 0.3) is 10.0 Å². The number of nitrogens with one attached hydrogen (secondary N) is 2. The summed E-state index contributed by atoms with van der Waals surface area (Å²) < 4.78 is 41.9. The molecule has 0 saturated heterocycles. The normalized spacial score (nSPS) is 17.4. The number of carbonyl (C=O) groups is 2. The molecule has 0 fully saturated rings. The molecular weight excluding hydrogens is 442 g/mol. The number of carbonyl (C=O) groups excluding carboxylic acids is 1. The predicted molar refractivity (Wildman–Crippen MR) is 113 cm³/mol. The van der Waals surface area contributed by atoms with Gasteiger partial charge in [-0.2, -0.15) is 5.10 Å². The van der Waals surface area contributed by atoms with Crippen molar-refractivity contribution in [2.24, 2.45) is 0 Å². The van der Waals surface area contributed by atoms with Crippen molar-refractivity contribution in [1.82, 2.24) is 15.1 Å². The fraction of sp³-hybridized carbons (Fsp3) is 0.421. The van der Waals surface area contributed by atoms with Crippen molar-refractivity contribution in [3.05, 3.63) is 23.9 Å². The van der Waals surface area contributed by atoms with Crippen LogP contribution in [0.25, 0.3) is 0 Å². The van der Waals surface area contributed by atoms with Gasteiger partial charge in [0.1, 0.15) is 11.9 Å². The van der Waals surface area contributed by atoms with E-state index < -0.39 is 22.2 Å². The molecule has 0 aliphatic carbocycles. The number of fused-ring (bicyclic) bond motifs is 2. The van der Waals surface area contributed by atoms with Crippen molar-refractivity contribution in [1.29, 1.82) is 0 Å².